The number of likely N-dealkylation sites (N-methyl/N-ethyl adjacent to an activating group) is 1. The van der Waals surface area contributed by atoms with E-state index in [0.29, 0.717) is 18.4 Å². The van der Waals surface area contributed by atoms with Gasteiger partial charge in [-0.05, 0) is 69.3 Å². The molecule has 22 heavy (non-hydrogen) atoms. The molecule has 1 atom stereocenters. The molecule has 1 aliphatic carbocycles. The van der Waals surface area contributed by atoms with Gasteiger partial charge in [-0.2, -0.15) is 0 Å². The third-order valence-electron chi connectivity index (χ3n) is 5.04. The van der Waals surface area contributed by atoms with Crippen LogP contribution in [0.3, 0.4) is 0 Å². The number of rotatable bonds is 4. The Morgan fingerprint density at radius 3 is 2.82 bits per heavy atom. The van der Waals surface area contributed by atoms with Crippen LogP contribution in [0.15, 0.2) is 18.2 Å². The van der Waals surface area contributed by atoms with Crippen molar-refractivity contribution in [2.45, 2.75) is 51.0 Å². The highest BCUT2D eigenvalue weighted by atomic mass is 16.2. The first-order valence-corrected chi connectivity index (χ1v) is 8.68. The molecule has 0 unspecified atom stereocenters. The largest absolute Gasteiger partial charge is 0.338 e. The smallest absolute Gasteiger partial charge is 0.227 e. The Labute approximate surface area is 134 Å². The fourth-order valence-corrected chi connectivity index (χ4v) is 3.95. The summed E-state index contributed by atoms with van der Waals surface area (Å²) in [6.45, 7) is 1.91. The number of aryl methyl sites for hydroxylation is 2. The Morgan fingerprint density at radius 1 is 1.18 bits per heavy atom. The van der Waals surface area contributed by atoms with Crippen LogP contribution in [0.1, 0.15) is 42.4 Å². The number of likely N-dealkylation sites (tertiary alicyclic amines) is 1. The minimum atomic E-state index is 0.310. The Bertz CT molecular complexity index is 538. The lowest BCUT2D eigenvalue weighted by Crippen LogP contribution is -2.48. The first-order valence-electron chi connectivity index (χ1n) is 8.68. The highest BCUT2D eigenvalue weighted by Gasteiger charge is 2.27. The van der Waals surface area contributed by atoms with Crippen LogP contribution in [-0.4, -0.2) is 48.9 Å². The van der Waals surface area contributed by atoms with E-state index in [4.69, 9.17) is 0 Å². The fraction of sp³-hybridized carbons (Fsp3) is 0.632. The highest BCUT2D eigenvalue weighted by Crippen LogP contribution is 2.24. The molecule has 0 saturated carbocycles. The summed E-state index contributed by atoms with van der Waals surface area (Å²) in [5.74, 6) is 0.310. The Morgan fingerprint density at radius 2 is 2.00 bits per heavy atom. The zero-order valence-corrected chi connectivity index (χ0v) is 14.0. The molecule has 1 aromatic carbocycles. The van der Waals surface area contributed by atoms with Crippen molar-refractivity contribution >= 4 is 5.91 Å². The summed E-state index contributed by atoms with van der Waals surface area (Å²) in [4.78, 5) is 17.1. The van der Waals surface area contributed by atoms with Gasteiger partial charge in [-0.15, -0.1) is 0 Å². The van der Waals surface area contributed by atoms with Crippen molar-refractivity contribution in [3.05, 3.63) is 34.9 Å². The minimum absolute atomic E-state index is 0.310. The lowest BCUT2D eigenvalue weighted by atomic mass is 9.99. The molecule has 1 fully saturated rings. The molecule has 0 bridgehead atoms. The van der Waals surface area contributed by atoms with Gasteiger partial charge in [0.05, 0.1) is 6.42 Å². The number of carbonyl (C=O) groups is 1. The van der Waals surface area contributed by atoms with Crippen LogP contribution < -0.4 is 0 Å². The van der Waals surface area contributed by atoms with Crippen molar-refractivity contribution in [3.63, 3.8) is 0 Å². The Hall–Kier alpha value is -1.35. The molecule has 1 aliphatic heterocycles. The van der Waals surface area contributed by atoms with Gasteiger partial charge in [-0.3, -0.25) is 4.79 Å². The van der Waals surface area contributed by atoms with Crippen molar-refractivity contribution in [1.82, 2.24) is 9.80 Å². The van der Waals surface area contributed by atoms with Gasteiger partial charge in [0.15, 0.2) is 0 Å². The zero-order chi connectivity index (χ0) is 15.5. The van der Waals surface area contributed by atoms with E-state index < -0.39 is 0 Å². The Balaban J connectivity index is 1.67. The van der Waals surface area contributed by atoms with E-state index in [1.54, 1.807) is 0 Å². The van der Waals surface area contributed by atoms with E-state index in [1.807, 2.05) is 0 Å². The van der Waals surface area contributed by atoms with Gasteiger partial charge < -0.3 is 9.80 Å². The van der Waals surface area contributed by atoms with E-state index in [2.05, 4.69) is 42.1 Å². The molecule has 1 saturated heterocycles. The molecule has 1 heterocycles. The third kappa shape index (κ3) is 3.52. The first-order chi connectivity index (χ1) is 10.6. The molecule has 0 radical (unpaired) electrons. The summed E-state index contributed by atoms with van der Waals surface area (Å²) < 4.78 is 0. The van der Waals surface area contributed by atoms with E-state index >= 15 is 0 Å². The van der Waals surface area contributed by atoms with Crippen LogP contribution in [-0.2, 0) is 24.1 Å². The molecule has 0 aromatic heterocycles. The van der Waals surface area contributed by atoms with Gasteiger partial charge in [-0.25, -0.2) is 0 Å². The summed E-state index contributed by atoms with van der Waals surface area (Å²) in [6, 6.07) is 7.06. The van der Waals surface area contributed by atoms with Crippen molar-refractivity contribution in [3.8, 4) is 0 Å². The van der Waals surface area contributed by atoms with Gasteiger partial charge in [0.1, 0.15) is 0 Å². The summed E-state index contributed by atoms with van der Waals surface area (Å²) in [5.41, 5.74) is 4.15. The van der Waals surface area contributed by atoms with Gasteiger partial charge in [0, 0.05) is 19.1 Å². The van der Waals surface area contributed by atoms with Crippen molar-refractivity contribution in [1.29, 1.82) is 0 Å². The third-order valence-corrected chi connectivity index (χ3v) is 5.04. The monoisotopic (exact) mass is 300 g/mol. The molecule has 3 rings (SSSR count). The van der Waals surface area contributed by atoms with Crippen molar-refractivity contribution in [2.24, 2.45) is 0 Å². The van der Waals surface area contributed by atoms with E-state index in [-0.39, 0.29) is 0 Å². The van der Waals surface area contributed by atoms with Crippen LogP contribution >= 0.6 is 0 Å². The average molecular weight is 300 g/mol. The number of hydrogen-bond donors (Lipinski definition) is 0. The molecule has 1 aromatic rings. The molecule has 3 heteroatoms. The van der Waals surface area contributed by atoms with Gasteiger partial charge in [-0.1, -0.05) is 18.2 Å². The maximum Gasteiger partial charge on any atom is 0.227 e. The fourth-order valence-electron chi connectivity index (χ4n) is 3.95. The normalized spacial score (nSPS) is 21.2. The predicted molar refractivity (Wildman–Crippen MR) is 90.1 cm³/mol. The number of hydrogen-bond acceptors (Lipinski definition) is 2. The number of amides is 1. The quantitative estimate of drug-likeness (QED) is 0.853. The molecule has 2 aliphatic rings. The van der Waals surface area contributed by atoms with E-state index in [1.165, 1.54) is 42.4 Å². The maximum absolute atomic E-state index is 12.8. The maximum atomic E-state index is 12.8. The number of fused-ring (bicyclic) bond motifs is 1. The van der Waals surface area contributed by atoms with Crippen LogP contribution in [0.2, 0.25) is 0 Å². The molecule has 1 amide bonds. The van der Waals surface area contributed by atoms with E-state index in [9.17, 15) is 4.79 Å². The zero-order valence-electron chi connectivity index (χ0n) is 14.0. The second-order valence-electron chi connectivity index (χ2n) is 7.13. The molecular formula is C19H28N2O. The lowest BCUT2D eigenvalue weighted by molar-refractivity contribution is -0.134. The number of carbonyl (C=O) groups excluding carboxylic acids is 1. The topological polar surface area (TPSA) is 23.6 Å². The van der Waals surface area contributed by atoms with Gasteiger partial charge in [0.2, 0.25) is 5.91 Å². The molecule has 120 valence electrons. The summed E-state index contributed by atoms with van der Waals surface area (Å²) in [6.07, 6.45) is 7.78. The second-order valence-corrected chi connectivity index (χ2v) is 7.13. The second kappa shape index (κ2) is 6.82. The molecular weight excluding hydrogens is 272 g/mol. The van der Waals surface area contributed by atoms with Crippen molar-refractivity contribution < 1.29 is 4.79 Å². The molecule has 0 N–H and O–H groups in total. The van der Waals surface area contributed by atoms with Gasteiger partial charge in [0.25, 0.3) is 0 Å². The predicted octanol–water partition coefficient (Wildman–Crippen LogP) is 2.66. The van der Waals surface area contributed by atoms with Crippen LogP contribution in [0, 0.1) is 0 Å². The van der Waals surface area contributed by atoms with Crippen molar-refractivity contribution in [2.75, 3.05) is 27.2 Å². The Kier molecular flexibility index (Phi) is 4.82. The van der Waals surface area contributed by atoms with Crippen LogP contribution in [0.5, 0.6) is 0 Å². The minimum Gasteiger partial charge on any atom is -0.338 e. The molecule has 0 spiro atoms. The van der Waals surface area contributed by atoms with E-state index in [0.717, 1.165) is 25.9 Å². The number of benzene rings is 1. The number of nitrogens with zero attached hydrogens (tertiary/aromatic N) is 2. The highest BCUT2D eigenvalue weighted by molar-refractivity contribution is 5.79. The summed E-state index contributed by atoms with van der Waals surface area (Å²) in [5, 5.41) is 0. The summed E-state index contributed by atoms with van der Waals surface area (Å²) >= 11 is 0. The first kappa shape index (κ1) is 15.5. The number of piperidine rings is 1. The average Bonchev–Trinajstić information content (AvgIpc) is 2.94. The SMILES string of the molecule is CN(C)C[C@@H]1CCCCN1C(=O)Cc1ccc2c(c1)CCC2. The van der Waals surface area contributed by atoms with Crippen LogP contribution in [0.25, 0.3) is 0 Å². The van der Waals surface area contributed by atoms with Crippen LogP contribution in [0.4, 0.5) is 0 Å². The molecule has 3 nitrogen and oxygen atoms in total. The summed E-state index contributed by atoms with van der Waals surface area (Å²) in [7, 11) is 4.19. The standard InChI is InChI=1S/C19H28N2O/c1-20(2)14-18-8-3-4-11-21(18)19(22)13-15-9-10-16-6-5-7-17(16)12-15/h9-10,12,18H,3-8,11,13-14H2,1-2H3/t18-/m0/s1. The lowest BCUT2D eigenvalue weighted by Gasteiger charge is -2.37. The van der Waals surface area contributed by atoms with Gasteiger partial charge >= 0.3 is 0 Å².